The van der Waals surface area contributed by atoms with Gasteiger partial charge in [-0.2, -0.15) is 0 Å². The number of aryl methyl sites for hydroxylation is 1. The summed E-state index contributed by atoms with van der Waals surface area (Å²) < 4.78 is 27.4. The normalized spacial score (nSPS) is 24.2. The van der Waals surface area contributed by atoms with Crippen LogP contribution in [0, 0.1) is 6.85 Å². The van der Waals surface area contributed by atoms with E-state index in [2.05, 4.69) is 181 Å². The van der Waals surface area contributed by atoms with Crippen LogP contribution in [0.2, 0.25) is 0 Å². The molecule has 4 aromatic carbocycles. The fourth-order valence-electron chi connectivity index (χ4n) is 13.9. The zero-order valence-corrected chi connectivity index (χ0v) is 43.3. The van der Waals surface area contributed by atoms with Crippen molar-refractivity contribution >= 4 is 57.5 Å². The van der Waals surface area contributed by atoms with Gasteiger partial charge in [-0.1, -0.05) is 141 Å². The molecule has 1 atom stereocenters. The zero-order chi connectivity index (χ0) is 49.8. The van der Waals surface area contributed by atoms with Crippen molar-refractivity contribution in [1.29, 1.82) is 0 Å². The molecular weight excluding hydrogens is 800 g/mol. The van der Waals surface area contributed by atoms with Crippen LogP contribution in [0.25, 0.3) is 0 Å². The second-order valence-electron chi connectivity index (χ2n) is 27.2. The van der Waals surface area contributed by atoms with E-state index in [1.165, 1.54) is 68.4 Å². The lowest BCUT2D eigenvalue weighted by molar-refractivity contribution is 0.242. The number of hydrogen-bond acceptors (Lipinski definition) is 4. The monoisotopic (exact) mass is 880 g/mol. The van der Waals surface area contributed by atoms with Crippen LogP contribution in [0.4, 0.5) is 34.4 Å². The number of aromatic nitrogens is 2. The van der Waals surface area contributed by atoms with Crippen molar-refractivity contribution in [2.45, 2.75) is 212 Å². The first-order valence-corrected chi connectivity index (χ1v) is 25.5. The molecule has 0 amide bonds. The molecule has 4 nitrogen and oxygen atoms in total. The third-order valence-electron chi connectivity index (χ3n) is 18.6. The van der Waals surface area contributed by atoms with Gasteiger partial charge in [-0.3, -0.25) is 9.80 Å². The Bertz CT molecular complexity index is 2970. The van der Waals surface area contributed by atoms with Crippen LogP contribution in [0.1, 0.15) is 217 Å². The molecule has 6 aliphatic rings. The van der Waals surface area contributed by atoms with Crippen LogP contribution in [0.15, 0.2) is 60.7 Å². The van der Waals surface area contributed by atoms with E-state index in [9.17, 15) is 0 Å². The first-order valence-electron chi connectivity index (χ1n) is 27.0. The number of hydrogen-bond donors (Lipinski definition) is 0. The largest absolute Gasteiger partial charge is 0.296 e. The van der Waals surface area contributed by atoms with E-state index >= 15 is 0 Å². The summed E-state index contributed by atoms with van der Waals surface area (Å²) in [4.78, 5) is 15.6. The van der Waals surface area contributed by atoms with E-state index in [0.717, 1.165) is 61.0 Å². The number of nitrogens with zero attached hydrogens (tertiary/aromatic N) is 4. The van der Waals surface area contributed by atoms with Crippen LogP contribution < -0.4 is 26.2 Å². The molecule has 0 radical (unpaired) electrons. The highest BCUT2D eigenvalue weighted by molar-refractivity contribution is 7.00. The van der Waals surface area contributed by atoms with Gasteiger partial charge in [-0.15, -0.1) is 0 Å². The summed E-state index contributed by atoms with van der Waals surface area (Å²) >= 11 is 0. The topological polar surface area (TPSA) is 32.3 Å². The Hall–Kier alpha value is -4.38. The lowest BCUT2D eigenvalue weighted by Crippen LogP contribution is -2.63. The molecule has 0 bridgehead atoms. The van der Waals surface area contributed by atoms with E-state index < -0.39 is 6.85 Å². The van der Waals surface area contributed by atoms with Crippen LogP contribution in [0.5, 0.6) is 0 Å². The van der Waals surface area contributed by atoms with Crippen LogP contribution in [0.3, 0.4) is 0 Å². The minimum atomic E-state index is -2.56. The summed E-state index contributed by atoms with van der Waals surface area (Å²) in [5.41, 5.74) is 18.9. The Morgan fingerprint density at radius 1 is 0.500 bits per heavy atom. The van der Waals surface area contributed by atoms with Crippen molar-refractivity contribution < 1.29 is 4.11 Å². The maximum Gasteiger partial charge on any atom is 0.256 e. The maximum absolute atomic E-state index is 9.14. The van der Waals surface area contributed by atoms with E-state index in [0.29, 0.717) is 11.6 Å². The fraction of sp³-hybridized carbons (Fsp3) is 0.541. The summed E-state index contributed by atoms with van der Waals surface area (Å²) in [7, 11) is 0. The van der Waals surface area contributed by atoms with E-state index in [-0.39, 0.29) is 55.9 Å². The quantitative estimate of drug-likeness (QED) is 0.162. The first-order chi connectivity index (χ1) is 31.8. The molecule has 11 rings (SSSR count). The van der Waals surface area contributed by atoms with Crippen molar-refractivity contribution in [3.8, 4) is 0 Å². The predicted molar refractivity (Wildman–Crippen MR) is 282 cm³/mol. The second-order valence-corrected chi connectivity index (χ2v) is 27.2. The summed E-state index contributed by atoms with van der Waals surface area (Å²) in [5.74, 6) is 1.26. The SMILES string of the molecule is [2H]C([2H])([2H])c1nc2c3c(n1)N(c1cc4c5c(c1)C(C)(C)CCC5(C)CCC4(C)C)c1c(cc4c5c1C(C)(C)CCC5(C)CCC4(C)C)B3c1cc(C(C)(C)C)ccc1N2c1ccc(C(C)(C)C)cc1. The summed E-state index contributed by atoms with van der Waals surface area (Å²) in [6.07, 6.45) is 9.13. The van der Waals surface area contributed by atoms with Gasteiger partial charge in [0, 0.05) is 32.3 Å². The highest BCUT2D eigenvalue weighted by Crippen LogP contribution is 2.61. The Balaban J connectivity index is 1.34. The molecule has 344 valence electrons. The smallest absolute Gasteiger partial charge is 0.256 e. The number of benzene rings is 4. The van der Waals surface area contributed by atoms with Crippen LogP contribution >= 0.6 is 0 Å². The Kier molecular flexibility index (Phi) is 8.28. The van der Waals surface area contributed by atoms with Gasteiger partial charge in [0.1, 0.15) is 17.5 Å². The summed E-state index contributed by atoms with van der Waals surface area (Å²) in [6, 6.07) is 23.7. The fourth-order valence-corrected chi connectivity index (χ4v) is 13.9. The van der Waals surface area contributed by atoms with Gasteiger partial charge in [0.25, 0.3) is 6.71 Å². The Labute approximate surface area is 403 Å². The van der Waals surface area contributed by atoms with E-state index in [1.807, 2.05) is 0 Å². The molecule has 1 aromatic heterocycles. The van der Waals surface area contributed by atoms with E-state index in [1.54, 1.807) is 5.56 Å². The molecule has 3 heterocycles. The predicted octanol–water partition coefficient (Wildman–Crippen LogP) is 14.3. The highest BCUT2D eigenvalue weighted by Gasteiger charge is 2.55. The molecule has 4 aliphatic carbocycles. The van der Waals surface area contributed by atoms with Crippen molar-refractivity contribution in [2.24, 2.45) is 0 Å². The third kappa shape index (κ3) is 6.14. The van der Waals surface area contributed by atoms with Gasteiger partial charge in [-0.05, 0) is 187 Å². The second kappa shape index (κ2) is 13.4. The van der Waals surface area contributed by atoms with Crippen molar-refractivity contribution in [2.75, 3.05) is 9.80 Å². The molecule has 66 heavy (non-hydrogen) atoms. The number of fused-ring (bicyclic) bond motifs is 5. The molecule has 5 heteroatoms. The highest BCUT2D eigenvalue weighted by atomic mass is 15.3. The molecule has 0 spiro atoms. The van der Waals surface area contributed by atoms with Gasteiger partial charge in [0.2, 0.25) is 0 Å². The molecular formula is C61H77BN4. The lowest BCUT2D eigenvalue weighted by Gasteiger charge is -2.55. The molecule has 2 aliphatic heterocycles. The maximum atomic E-state index is 9.14. The minimum absolute atomic E-state index is 0.0188. The lowest BCUT2D eigenvalue weighted by atomic mass is 9.33. The average Bonchev–Trinajstić information content (AvgIpc) is 3.25. The number of rotatable bonds is 2. The first kappa shape index (κ1) is 40.7. The Morgan fingerprint density at radius 2 is 0.985 bits per heavy atom. The average molecular weight is 880 g/mol. The van der Waals surface area contributed by atoms with Crippen molar-refractivity contribution in [1.82, 2.24) is 9.97 Å². The van der Waals surface area contributed by atoms with Gasteiger partial charge in [0.05, 0.1) is 0 Å². The Morgan fingerprint density at radius 3 is 1.52 bits per heavy atom. The molecule has 0 saturated heterocycles. The summed E-state index contributed by atoms with van der Waals surface area (Å²) in [5, 5.41) is 0. The van der Waals surface area contributed by atoms with Gasteiger partial charge in [-0.25, -0.2) is 9.97 Å². The van der Waals surface area contributed by atoms with Gasteiger partial charge >= 0.3 is 0 Å². The minimum Gasteiger partial charge on any atom is -0.296 e. The standard InChI is InChI=1S/C61H77BN4/c1-36-63-52-50-53(64-36)66(40-33-41-47-42(34-40)57(10,11)25-29-60(47,16)28-24-56(41,8)9)51-45(35-43-48-49(51)59(14,15)27-31-61(48,17)30-26-58(43,12)13)62(50)44-32-38(55(5,6)7)20-23-46(44)65(52)39-21-18-37(19-22-39)54(2,3)4/h18-23,32-35H,24-31H2,1-17H3/i1D3. The zero-order valence-electron chi connectivity index (χ0n) is 46.3. The molecule has 0 saturated carbocycles. The molecule has 0 N–H and O–H groups in total. The molecule has 5 aromatic rings. The van der Waals surface area contributed by atoms with Crippen LogP contribution in [-0.4, -0.2) is 16.7 Å². The van der Waals surface area contributed by atoms with E-state index in [4.69, 9.17) is 14.1 Å². The summed E-state index contributed by atoms with van der Waals surface area (Å²) in [6.45, 7) is 35.7. The van der Waals surface area contributed by atoms with Crippen molar-refractivity contribution in [3.63, 3.8) is 0 Å². The van der Waals surface area contributed by atoms with Gasteiger partial charge < -0.3 is 0 Å². The van der Waals surface area contributed by atoms with Gasteiger partial charge in [0.15, 0.2) is 0 Å². The van der Waals surface area contributed by atoms with Crippen LogP contribution in [-0.2, 0) is 43.3 Å². The third-order valence-corrected chi connectivity index (χ3v) is 18.6. The molecule has 1 unspecified atom stereocenters. The van der Waals surface area contributed by atoms with Crippen molar-refractivity contribution in [3.05, 3.63) is 111 Å². The molecule has 0 fully saturated rings. The number of anilines is 6.